The number of hydrogen-bond acceptors (Lipinski definition) is 4. The summed E-state index contributed by atoms with van der Waals surface area (Å²) < 4.78 is 5.36. The van der Waals surface area contributed by atoms with E-state index in [1.165, 1.54) is 6.92 Å². The van der Waals surface area contributed by atoms with Crippen LogP contribution in [0.15, 0.2) is 24.3 Å². The zero-order valence-electron chi connectivity index (χ0n) is 12.7. The van der Waals surface area contributed by atoms with E-state index in [9.17, 15) is 14.4 Å². The molecule has 3 fully saturated rings. The largest absolute Gasteiger partial charge is 0.462 e. The fourth-order valence-corrected chi connectivity index (χ4v) is 4.43. The molecular weight excluding hydrogens is 296 g/mol. The first-order chi connectivity index (χ1) is 11.0. The summed E-state index contributed by atoms with van der Waals surface area (Å²) in [7, 11) is 0. The van der Waals surface area contributed by atoms with Gasteiger partial charge in [0.25, 0.3) is 0 Å². The second-order valence-electron chi connectivity index (χ2n) is 6.67. The van der Waals surface area contributed by atoms with E-state index >= 15 is 0 Å². The van der Waals surface area contributed by atoms with Crippen molar-refractivity contribution in [3.8, 4) is 0 Å². The van der Waals surface area contributed by atoms with Gasteiger partial charge in [-0.3, -0.25) is 14.4 Å². The van der Waals surface area contributed by atoms with E-state index in [0.717, 1.165) is 12.8 Å². The van der Waals surface area contributed by atoms with Gasteiger partial charge in [-0.05, 0) is 43.0 Å². The maximum absolute atomic E-state index is 12.6. The molecule has 23 heavy (non-hydrogen) atoms. The Hall–Kier alpha value is -2.37. The van der Waals surface area contributed by atoms with Gasteiger partial charge in [-0.1, -0.05) is 0 Å². The van der Waals surface area contributed by atoms with Gasteiger partial charge in [-0.2, -0.15) is 0 Å². The van der Waals surface area contributed by atoms with Gasteiger partial charge < -0.3 is 15.4 Å². The maximum atomic E-state index is 12.6. The van der Waals surface area contributed by atoms with Crippen LogP contribution in [-0.4, -0.2) is 23.9 Å². The first kappa shape index (κ1) is 14.2. The summed E-state index contributed by atoms with van der Waals surface area (Å²) in [6, 6.07) is 6.95. The van der Waals surface area contributed by atoms with E-state index < -0.39 is 0 Å². The van der Waals surface area contributed by atoms with E-state index in [1.807, 2.05) is 0 Å². The molecule has 6 nitrogen and oxygen atoms in total. The molecule has 1 aromatic rings. The Bertz CT molecular complexity index is 682. The van der Waals surface area contributed by atoms with Crippen molar-refractivity contribution in [1.29, 1.82) is 0 Å². The summed E-state index contributed by atoms with van der Waals surface area (Å²) in [4.78, 5) is 35.6. The van der Waals surface area contributed by atoms with Crippen LogP contribution in [0.25, 0.3) is 0 Å². The van der Waals surface area contributed by atoms with Gasteiger partial charge in [-0.15, -0.1) is 0 Å². The fourth-order valence-electron chi connectivity index (χ4n) is 4.43. The Morgan fingerprint density at radius 3 is 2.39 bits per heavy atom. The Labute approximate surface area is 133 Å². The third-order valence-corrected chi connectivity index (χ3v) is 5.26. The number of carbonyl (C=O) groups excluding carboxylic acids is 3. The maximum Gasteiger partial charge on any atom is 0.310 e. The smallest absolute Gasteiger partial charge is 0.310 e. The van der Waals surface area contributed by atoms with Crippen LogP contribution in [0.1, 0.15) is 19.8 Å². The third kappa shape index (κ3) is 2.29. The number of ether oxygens (including phenoxy) is 1. The lowest BCUT2D eigenvalue weighted by Crippen LogP contribution is -2.35. The Balaban J connectivity index is 1.46. The number of carbonyl (C=O) groups is 3. The molecule has 0 radical (unpaired) electrons. The molecule has 1 aliphatic heterocycles. The van der Waals surface area contributed by atoms with Crippen LogP contribution in [0.5, 0.6) is 0 Å². The lowest BCUT2D eigenvalue weighted by atomic mass is 9.79. The fraction of sp³-hybridized carbons (Fsp3) is 0.471. The van der Waals surface area contributed by atoms with E-state index in [1.54, 1.807) is 24.3 Å². The molecule has 0 spiro atoms. The van der Waals surface area contributed by atoms with Crippen LogP contribution in [-0.2, 0) is 19.1 Å². The standard InChI is InChI=1S/C17H18N2O4/c1-8(20)18-10-2-4-11(5-3-10)19-16(21)14-9-6-12-13(7-9)23-17(22)15(12)14/h2-5,9,12-15H,6-7H2,1H3,(H,18,20)(H,19,21)/t9-,12+,13-,14+,15+/m1/s1. The highest BCUT2D eigenvalue weighted by molar-refractivity contribution is 5.97. The van der Waals surface area contributed by atoms with Crippen molar-refractivity contribution in [3.63, 3.8) is 0 Å². The highest BCUT2D eigenvalue weighted by Crippen LogP contribution is 2.57. The molecule has 2 saturated carbocycles. The van der Waals surface area contributed by atoms with Gasteiger partial charge >= 0.3 is 5.97 Å². The highest BCUT2D eigenvalue weighted by Gasteiger charge is 2.63. The molecule has 5 atom stereocenters. The van der Waals surface area contributed by atoms with Crippen molar-refractivity contribution in [3.05, 3.63) is 24.3 Å². The number of hydrogen-bond donors (Lipinski definition) is 2. The van der Waals surface area contributed by atoms with Crippen molar-refractivity contribution >= 4 is 29.2 Å². The summed E-state index contributed by atoms with van der Waals surface area (Å²) in [5, 5.41) is 5.57. The van der Waals surface area contributed by atoms with Crippen LogP contribution >= 0.6 is 0 Å². The molecule has 6 heteroatoms. The second-order valence-corrected chi connectivity index (χ2v) is 6.67. The number of anilines is 2. The first-order valence-corrected chi connectivity index (χ1v) is 7.92. The summed E-state index contributed by atoms with van der Waals surface area (Å²) in [5.74, 6) is -0.518. The lowest BCUT2D eigenvalue weighted by Gasteiger charge is -2.23. The van der Waals surface area contributed by atoms with E-state index in [-0.39, 0.29) is 47.6 Å². The second kappa shape index (κ2) is 5.08. The molecule has 2 aliphatic carbocycles. The van der Waals surface area contributed by atoms with Crippen LogP contribution in [0, 0.1) is 23.7 Å². The summed E-state index contributed by atoms with van der Waals surface area (Å²) >= 11 is 0. The highest BCUT2D eigenvalue weighted by atomic mass is 16.6. The quantitative estimate of drug-likeness (QED) is 0.833. The minimum Gasteiger partial charge on any atom is -0.462 e. The van der Waals surface area contributed by atoms with Crippen molar-refractivity contribution in [2.24, 2.45) is 23.7 Å². The Morgan fingerprint density at radius 1 is 1.09 bits per heavy atom. The predicted octanol–water partition coefficient (Wildman–Crippen LogP) is 1.78. The van der Waals surface area contributed by atoms with Crippen LogP contribution < -0.4 is 10.6 Å². The molecular formula is C17H18N2O4. The van der Waals surface area contributed by atoms with Crippen LogP contribution in [0.4, 0.5) is 11.4 Å². The predicted molar refractivity (Wildman–Crippen MR) is 82.4 cm³/mol. The molecule has 2 bridgehead atoms. The molecule has 1 aromatic carbocycles. The summed E-state index contributed by atoms with van der Waals surface area (Å²) in [6.45, 7) is 1.44. The van der Waals surface area contributed by atoms with Gasteiger partial charge in [0.05, 0.1) is 11.8 Å². The number of benzene rings is 1. The number of amides is 2. The van der Waals surface area contributed by atoms with Gasteiger partial charge in [0.15, 0.2) is 0 Å². The zero-order chi connectivity index (χ0) is 16.1. The monoisotopic (exact) mass is 314 g/mol. The number of nitrogens with one attached hydrogen (secondary N) is 2. The molecule has 1 heterocycles. The lowest BCUT2D eigenvalue weighted by molar-refractivity contribution is -0.145. The average Bonchev–Trinajstić information content (AvgIpc) is 3.10. The van der Waals surface area contributed by atoms with Gasteiger partial charge in [-0.25, -0.2) is 0 Å². The molecule has 2 N–H and O–H groups in total. The topological polar surface area (TPSA) is 84.5 Å². The molecule has 2 amide bonds. The minimum atomic E-state index is -0.277. The molecule has 4 rings (SSSR count). The SMILES string of the molecule is CC(=O)Nc1ccc(NC(=O)[C@H]2[C@@H]3C[C@@H]4[C@@H]2C(=O)O[C@@H]4C3)cc1. The van der Waals surface area contributed by atoms with Crippen molar-refractivity contribution in [2.75, 3.05) is 10.6 Å². The molecule has 0 aromatic heterocycles. The number of fused-ring (bicyclic) bond motifs is 1. The normalized spacial score (nSPS) is 33.4. The number of esters is 1. The first-order valence-electron chi connectivity index (χ1n) is 7.92. The molecule has 1 saturated heterocycles. The van der Waals surface area contributed by atoms with Crippen LogP contribution in [0.2, 0.25) is 0 Å². The zero-order valence-corrected chi connectivity index (χ0v) is 12.7. The Morgan fingerprint density at radius 2 is 1.74 bits per heavy atom. The van der Waals surface area contributed by atoms with E-state index in [2.05, 4.69) is 10.6 Å². The third-order valence-electron chi connectivity index (χ3n) is 5.26. The van der Waals surface area contributed by atoms with Gasteiger partial charge in [0.2, 0.25) is 11.8 Å². The van der Waals surface area contributed by atoms with Crippen LogP contribution in [0.3, 0.4) is 0 Å². The molecule has 120 valence electrons. The van der Waals surface area contributed by atoms with Crippen molar-refractivity contribution < 1.29 is 19.1 Å². The van der Waals surface area contributed by atoms with Gasteiger partial charge in [0, 0.05) is 24.2 Å². The average molecular weight is 314 g/mol. The Kier molecular flexibility index (Phi) is 3.14. The molecule has 3 aliphatic rings. The molecule has 0 unspecified atom stereocenters. The van der Waals surface area contributed by atoms with Gasteiger partial charge in [0.1, 0.15) is 6.10 Å². The van der Waals surface area contributed by atoms with Crippen molar-refractivity contribution in [1.82, 2.24) is 0 Å². The van der Waals surface area contributed by atoms with E-state index in [0.29, 0.717) is 11.4 Å². The van der Waals surface area contributed by atoms with E-state index in [4.69, 9.17) is 4.74 Å². The summed E-state index contributed by atoms with van der Waals surface area (Å²) in [5.41, 5.74) is 1.34. The van der Waals surface area contributed by atoms with Crippen molar-refractivity contribution in [2.45, 2.75) is 25.9 Å². The minimum absolute atomic E-state index is 0.0403. The number of rotatable bonds is 3. The summed E-state index contributed by atoms with van der Waals surface area (Å²) in [6.07, 6.45) is 1.77.